The topological polar surface area (TPSA) is 82.5 Å². The summed E-state index contributed by atoms with van der Waals surface area (Å²) < 4.78 is 11.9. The van der Waals surface area contributed by atoms with E-state index in [1.54, 1.807) is 31.4 Å². The fraction of sp³-hybridized carbons (Fsp3) is 0.250. The van der Waals surface area contributed by atoms with E-state index in [2.05, 4.69) is 19.6 Å². The summed E-state index contributed by atoms with van der Waals surface area (Å²) in [5.41, 5.74) is 2.95. The summed E-state index contributed by atoms with van der Waals surface area (Å²) in [6.07, 6.45) is 0. The maximum absolute atomic E-state index is 12.3. The number of thioether (sulfide) groups is 1. The molecule has 1 aromatic heterocycles. The predicted molar refractivity (Wildman–Crippen MR) is 109 cm³/mol. The van der Waals surface area contributed by atoms with Crippen molar-refractivity contribution < 1.29 is 19.1 Å². The molecule has 146 valence electrons. The summed E-state index contributed by atoms with van der Waals surface area (Å²) in [5.74, 6) is -0.348. The van der Waals surface area contributed by atoms with Crippen LogP contribution in [0.5, 0.6) is 0 Å². The number of methoxy groups -OCH3 is 2. The fourth-order valence-electron chi connectivity index (χ4n) is 2.70. The maximum atomic E-state index is 12.3. The van der Waals surface area contributed by atoms with Crippen LogP contribution >= 0.6 is 11.8 Å². The van der Waals surface area contributed by atoms with Gasteiger partial charge in [0.2, 0.25) is 5.91 Å². The number of benzene rings is 2. The summed E-state index contributed by atoms with van der Waals surface area (Å²) in [7, 11) is 2.99. The third-order valence-corrected chi connectivity index (χ3v) is 5.04. The molecule has 0 atom stereocenters. The zero-order chi connectivity index (χ0) is 19.9. The Hall–Kier alpha value is -2.84. The van der Waals surface area contributed by atoms with Crippen LogP contribution in [0.1, 0.15) is 10.4 Å². The molecule has 0 aliphatic rings. The van der Waals surface area contributed by atoms with Crippen molar-refractivity contribution in [2.75, 3.05) is 31.9 Å². The van der Waals surface area contributed by atoms with Crippen LogP contribution in [0.25, 0.3) is 11.0 Å². The van der Waals surface area contributed by atoms with Gasteiger partial charge >= 0.3 is 5.97 Å². The first-order chi connectivity index (χ1) is 13.6. The lowest BCUT2D eigenvalue weighted by Gasteiger charge is -2.09. The largest absolute Gasteiger partial charge is 0.465 e. The second-order valence-corrected chi connectivity index (χ2v) is 6.88. The smallest absolute Gasteiger partial charge is 0.337 e. The average Bonchev–Trinajstić information content (AvgIpc) is 3.08. The number of aromatic nitrogens is 2. The minimum atomic E-state index is -0.414. The molecule has 0 saturated carbocycles. The Bertz CT molecular complexity index is 969. The van der Waals surface area contributed by atoms with Crippen LogP contribution in [-0.2, 0) is 20.8 Å². The quantitative estimate of drug-likeness (QED) is 0.463. The Labute approximate surface area is 167 Å². The minimum absolute atomic E-state index is 0.152. The third-order valence-electron chi connectivity index (χ3n) is 4.06. The highest BCUT2D eigenvalue weighted by atomic mass is 32.2. The van der Waals surface area contributed by atoms with Crippen LogP contribution in [0.4, 0.5) is 5.69 Å². The van der Waals surface area contributed by atoms with Crippen LogP contribution in [0.2, 0.25) is 0 Å². The van der Waals surface area contributed by atoms with Crippen molar-refractivity contribution in [3.8, 4) is 0 Å². The monoisotopic (exact) mass is 399 g/mol. The number of esters is 1. The highest BCUT2D eigenvalue weighted by Gasteiger charge is 2.13. The molecule has 0 aliphatic carbocycles. The maximum Gasteiger partial charge on any atom is 0.337 e. The van der Waals surface area contributed by atoms with Crippen molar-refractivity contribution in [2.24, 2.45) is 0 Å². The first kappa shape index (κ1) is 19.9. The third kappa shape index (κ3) is 4.71. The number of carbonyl (C=O) groups excluding carboxylic acids is 2. The average molecular weight is 399 g/mol. The Balaban J connectivity index is 1.65. The molecule has 0 spiro atoms. The number of para-hydroxylation sites is 2. The van der Waals surface area contributed by atoms with E-state index < -0.39 is 5.97 Å². The van der Waals surface area contributed by atoms with Gasteiger partial charge in [-0.25, -0.2) is 9.78 Å². The SMILES string of the molecule is COCCn1c(SCC(=O)Nc2ccc(C(=O)OC)cc2)nc2ccccc21. The van der Waals surface area contributed by atoms with Crippen molar-refractivity contribution in [3.05, 3.63) is 54.1 Å². The Morgan fingerprint density at radius 1 is 1.11 bits per heavy atom. The molecule has 0 saturated heterocycles. The van der Waals surface area contributed by atoms with Crippen LogP contribution in [0.15, 0.2) is 53.7 Å². The van der Waals surface area contributed by atoms with Gasteiger partial charge in [0.15, 0.2) is 5.16 Å². The van der Waals surface area contributed by atoms with Gasteiger partial charge in [-0.15, -0.1) is 0 Å². The number of ether oxygens (including phenoxy) is 2. The van der Waals surface area contributed by atoms with E-state index in [4.69, 9.17) is 4.74 Å². The van der Waals surface area contributed by atoms with E-state index in [1.165, 1.54) is 18.9 Å². The zero-order valence-electron chi connectivity index (χ0n) is 15.7. The summed E-state index contributed by atoms with van der Waals surface area (Å²) >= 11 is 1.37. The van der Waals surface area contributed by atoms with Gasteiger partial charge in [0.05, 0.1) is 36.1 Å². The van der Waals surface area contributed by atoms with Gasteiger partial charge in [-0.1, -0.05) is 23.9 Å². The van der Waals surface area contributed by atoms with Gasteiger partial charge < -0.3 is 19.4 Å². The molecule has 3 rings (SSSR count). The van der Waals surface area contributed by atoms with E-state index in [1.807, 2.05) is 24.3 Å². The van der Waals surface area contributed by atoms with Crippen LogP contribution in [0, 0.1) is 0 Å². The van der Waals surface area contributed by atoms with Crippen molar-refractivity contribution in [1.29, 1.82) is 0 Å². The molecule has 3 aromatic rings. The van der Waals surface area contributed by atoms with E-state index in [0.717, 1.165) is 16.2 Å². The molecular formula is C20H21N3O4S. The van der Waals surface area contributed by atoms with Gasteiger partial charge in [0.25, 0.3) is 0 Å². The Morgan fingerprint density at radius 3 is 2.57 bits per heavy atom. The molecule has 7 nitrogen and oxygen atoms in total. The molecule has 0 aliphatic heterocycles. The lowest BCUT2D eigenvalue weighted by Crippen LogP contribution is -2.15. The van der Waals surface area contributed by atoms with Crippen molar-refractivity contribution >= 4 is 40.4 Å². The number of nitrogens with zero attached hydrogens (tertiary/aromatic N) is 2. The van der Waals surface area contributed by atoms with Gasteiger partial charge in [-0.2, -0.15) is 0 Å². The molecule has 2 aromatic carbocycles. The molecular weight excluding hydrogens is 378 g/mol. The summed E-state index contributed by atoms with van der Waals surface area (Å²) in [6.45, 7) is 1.22. The van der Waals surface area contributed by atoms with E-state index in [-0.39, 0.29) is 11.7 Å². The first-order valence-electron chi connectivity index (χ1n) is 8.67. The normalized spacial score (nSPS) is 10.8. The lowest BCUT2D eigenvalue weighted by molar-refractivity contribution is -0.113. The molecule has 8 heteroatoms. The first-order valence-corrected chi connectivity index (χ1v) is 9.66. The van der Waals surface area contributed by atoms with Gasteiger partial charge in [-0.3, -0.25) is 4.79 Å². The second kappa shape index (κ2) is 9.38. The number of anilines is 1. The molecule has 0 bridgehead atoms. The fourth-order valence-corrected chi connectivity index (χ4v) is 3.54. The number of amides is 1. The van der Waals surface area contributed by atoms with Gasteiger partial charge in [-0.05, 0) is 36.4 Å². The number of fused-ring (bicyclic) bond motifs is 1. The molecule has 0 fully saturated rings. The number of carbonyl (C=O) groups is 2. The molecule has 1 heterocycles. The van der Waals surface area contributed by atoms with Crippen molar-refractivity contribution in [3.63, 3.8) is 0 Å². The second-order valence-electron chi connectivity index (χ2n) is 5.93. The summed E-state index contributed by atoms with van der Waals surface area (Å²) in [4.78, 5) is 28.4. The molecule has 28 heavy (non-hydrogen) atoms. The van der Waals surface area contributed by atoms with Gasteiger partial charge in [0.1, 0.15) is 0 Å². The Kier molecular flexibility index (Phi) is 6.67. The number of nitrogens with one attached hydrogen (secondary N) is 1. The van der Waals surface area contributed by atoms with Crippen molar-refractivity contribution in [1.82, 2.24) is 9.55 Å². The van der Waals surface area contributed by atoms with Crippen LogP contribution < -0.4 is 5.32 Å². The highest BCUT2D eigenvalue weighted by Crippen LogP contribution is 2.24. The lowest BCUT2D eigenvalue weighted by atomic mass is 10.2. The molecule has 0 unspecified atom stereocenters. The van der Waals surface area contributed by atoms with Crippen LogP contribution in [0.3, 0.4) is 0 Å². The zero-order valence-corrected chi connectivity index (χ0v) is 16.5. The summed E-state index contributed by atoms with van der Waals surface area (Å²) in [6, 6.07) is 14.4. The van der Waals surface area contributed by atoms with Crippen molar-refractivity contribution in [2.45, 2.75) is 11.7 Å². The Morgan fingerprint density at radius 2 is 1.86 bits per heavy atom. The number of rotatable bonds is 8. The van der Waals surface area contributed by atoms with E-state index in [0.29, 0.717) is 24.4 Å². The predicted octanol–water partition coefficient (Wildman–Crippen LogP) is 3.20. The number of hydrogen-bond donors (Lipinski definition) is 1. The van der Waals surface area contributed by atoms with E-state index >= 15 is 0 Å². The highest BCUT2D eigenvalue weighted by molar-refractivity contribution is 7.99. The van der Waals surface area contributed by atoms with E-state index in [9.17, 15) is 9.59 Å². The molecule has 0 radical (unpaired) electrons. The number of hydrogen-bond acceptors (Lipinski definition) is 6. The summed E-state index contributed by atoms with van der Waals surface area (Å²) in [5, 5.41) is 3.59. The standard InChI is InChI=1S/C20H21N3O4S/c1-26-12-11-23-17-6-4-3-5-16(17)22-20(23)28-13-18(24)21-15-9-7-14(8-10-15)19(25)27-2/h3-10H,11-13H2,1-2H3,(H,21,24). The number of imidazole rings is 1. The minimum Gasteiger partial charge on any atom is -0.465 e. The van der Waals surface area contributed by atoms with Gasteiger partial charge in [0, 0.05) is 19.3 Å². The van der Waals surface area contributed by atoms with Crippen LogP contribution in [-0.4, -0.2) is 48.0 Å². The molecule has 1 amide bonds. The molecule has 1 N–H and O–H groups in total.